The minimum atomic E-state index is 0.100. The van der Waals surface area contributed by atoms with Crippen LogP contribution < -0.4 is 0 Å². The fourth-order valence-corrected chi connectivity index (χ4v) is 2.15. The van der Waals surface area contributed by atoms with Gasteiger partial charge in [0.05, 0.1) is 6.42 Å². The van der Waals surface area contributed by atoms with Gasteiger partial charge in [-0.05, 0) is 37.6 Å². The van der Waals surface area contributed by atoms with Crippen LogP contribution in [0.2, 0.25) is 10.0 Å². The Morgan fingerprint density at radius 2 is 1.62 bits per heavy atom. The molecule has 0 aliphatic rings. The van der Waals surface area contributed by atoms with Crippen LogP contribution in [0.3, 0.4) is 0 Å². The van der Waals surface area contributed by atoms with Crippen molar-refractivity contribution >= 4 is 29.1 Å². The van der Waals surface area contributed by atoms with Crippen molar-refractivity contribution < 1.29 is 4.79 Å². The molecule has 0 unspecified atom stereocenters. The summed E-state index contributed by atoms with van der Waals surface area (Å²) in [6, 6.07) is 5.21. The van der Waals surface area contributed by atoms with Gasteiger partial charge in [0, 0.05) is 23.1 Å². The molecule has 0 saturated carbocycles. The zero-order chi connectivity index (χ0) is 12.1. The summed E-state index contributed by atoms with van der Waals surface area (Å²) in [7, 11) is 0. The Balaban J connectivity index is 2.76. The summed E-state index contributed by atoms with van der Waals surface area (Å²) < 4.78 is 0. The molecule has 0 bridgehead atoms. The summed E-state index contributed by atoms with van der Waals surface area (Å²) in [5, 5.41) is 1.13. The van der Waals surface area contributed by atoms with Crippen molar-refractivity contribution in [3.8, 4) is 0 Å². The van der Waals surface area contributed by atoms with Crippen molar-refractivity contribution in [1.82, 2.24) is 4.90 Å². The molecule has 2 nitrogen and oxygen atoms in total. The van der Waals surface area contributed by atoms with Crippen LogP contribution in [0.25, 0.3) is 0 Å². The number of halogens is 2. The highest BCUT2D eigenvalue weighted by molar-refractivity contribution is 6.34. The number of rotatable bonds is 4. The van der Waals surface area contributed by atoms with E-state index in [9.17, 15) is 4.79 Å². The second-order valence-electron chi connectivity index (χ2n) is 3.52. The van der Waals surface area contributed by atoms with Crippen molar-refractivity contribution in [2.75, 3.05) is 13.1 Å². The van der Waals surface area contributed by atoms with Gasteiger partial charge in [0.1, 0.15) is 0 Å². The lowest BCUT2D eigenvalue weighted by molar-refractivity contribution is -0.130. The molecule has 0 N–H and O–H groups in total. The standard InChI is InChI=1S/C12H15Cl2NO/c1-3-15(4-2)12(16)7-9-5-10(13)8-11(14)6-9/h5-6,8H,3-4,7H2,1-2H3. The molecule has 0 aromatic heterocycles. The third-order valence-corrected chi connectivity index (χ3v) is 2.83. The first-order chi connectivity index (χ1) is 7.56. The van der Waals surface area contributed by atoms with E-state index in [1.165, 1.54) is 0 Å². The first kappa shape index (κ1) is 13.3. The molecule has 1 amide bonds. The minimum Gasteiger partial charge on any atom is -0.343 e. The van der Waals surface area contributed by atoms with Gasteiger partial charge in [-0.1, -0.05) is 23.2 Å². The molecule has 0 radical (unpaired) electrons. The van der Waals surface area contributed by atoms with Crippen LogP contribution in [0.4, 0.5) is 0 Å². The van der Waals surface area contributed by atoms with E-state index in [-0.39, 0.29) is 5.91 Å². The smallest absolute Gasteiger partial charge is 0.226 e. The summed E-state index contributed by atoms with van der Waals surface area (Å²) in [5.41, 5.74) is 0.856. The van der Waals surface area contributed by atoms with Gasteiger partial charge in [0.25, 0.3) is 0 Å². The van der Waals surface area contributed by atoms with E-state index >= 15 is 0 Å². The van der Waals surface area contributed by atoms with E-state index in [0.717, 1.165) is 18.7 Å². The number of nitrogens with zero attached hydrogens (tertiary/aromatic N) is 1. The Labute approximate surface area is 106 Å². The number of hydrogen-bond donors (Lipinski definition) is 0. The third kappa shape index (κ3) is 3.69. The molecule has 0 aliphatic carbocycles. The lowest BCUT2D eigenvalue weighted by Crippen LogP contribution is -2.31. The number of carbonyl (C=O) groups is 1. The molecule has 0 spiro atoms. The van der Waals surface area contributed by atoms with Crippen LogP contribution in [0.1, 0.15) is 19.4 Å². The summed E-state index contributed by atoms with van der Waals surface area (Å²) in [4.78, 5) is 13.6. The van der Waals surface area contributed by atoms with Gasteiger partial charge < -0.3 is 4.90 Å². The van der Waals surface area contributed by atoms with Gasteiger partial charge >= 0.3 is 0 Å². The number of likely N-dealkylation sites (N-methyl/N-ethyl adjacent to an activating group) is 1. The average Bonchev–Trinajstić information content (AvgIpc) is 2.17. The summed E-state index contributed by atoms with van der Waals surface area (Å²) >= 11 is 11.7. The zero-order valence-electron chi connectivity index (χ0n) is 9.46. The number of amides is 1. The normalized spacial score (nSPS) is 10.2. The summed E-state index contributed by atoms with van der Waals surface area (Å²) in [6.07, 6.45) is 0.349. The second kappa shape index (κ2) is 6.12. The second-order valence-corrected chi connectivity index (χ2v) is 4.39. The largest absolute Gasteiger partial charge is 0.343 e. The maximum absolute atomic E-state index is 11.8. The number of benzene rings is 1. The van der Waals surface area contributed by atoms with E-state index in [1.54, 1.807) is 23.1 Å². The van der Waals surface area contributed by atoms with E-state index in [4.69, 9.17) is 23.2 Å². The highest BCUT2D eigenvalue weighted by Gasteiger charge is 2.10. The summed E-state index contributed by atoms with van der Waals surface area (Å²) in [6.45, 7) is 5.38. The highest BCUT2D eigenvalue weighted by Crippen LogP contribution is 2.19. The van der Waals surface area contributed by atoms with Gasteiger partial charge in [-0.25, -0.2) is 0 Å². The minimum absolute atomic E-state index is 0.100. The molecule has 4 heteroatoms. The summed E-state index contributed by atoms with van der Waals surface area (Å²) in [5.74, 6) is 0.100. The highest BCUT2D eigenvalue weighted by atomic mass is 35.5. The van der Waals surface area contributed by atoms with Crippen molar-refractivity contribution in [2.24, 2.45) is 0 Å². The van der Waals surface area contributed by atoms with Gasteiger partial charge in [-0.3, -0.25) is 4.79 Å². The molecule has 0 aliphatic heterocycles. The predicted molar refractivity (Wildman–Crippen MR) is 68.1 cm³/mol. The predicted octanol–water partition coefficient (Wildman–Crippen LogP) is 3.40. The quantitative estimate of drug-likeness (QED) is 0.812. The zero-order valence-corrected chi connectivity index (χ0v) is 11.0. The van der Waals surface area contributed by atoms with Gasteiger partial charge in [-0.2, -0.15) is 0 Å². The third-order valence-electron chi connectivity index (χ3n) is 2.39. The van der Waals surface area contributed by atoms with Crippen LogP contribution in [-0.2, 0) is 11.2 Å². The van der Waals surface area contributed by atoms with Gasteiger partial charge in [-0.15, -0.1) is 0 Å². The van der Waals surface area contributed by atoms with Crippen LogP contribution in [0.15, 0.2) is 18.2 Å². The molecule has 16 heavy (non-hydrogen) atoms. The van der Waals surface area contributed by atoms with Crippen LogP contribution in [0.5, 0.6) is 0 Å². The Hall–Kier alpha value is -0.730. The van der Waals surface area contributed by atoms with E-state index in [1.807, 2.05) is 13.8 Å². The van der Waals surface area contributed by atoms with Crippen molar-refractivity contribution in [3.05, 3.63) is 33.8 Å². The van der Waals surface area contributed by atoms with Crippen LogP contribution in [0, 0.1) is 0 Å². The first-order valence-electron chi connectivity index (χ1n) is 5.29. The molecule has 0 saturated heterocycles. The SMILES string of the molecule is CCN(CC)C(=O)Cc1cc(Cl)cc(Cl)c1. The van der Waals surface area contributed by atoms with Crippen LogP contribution >= 0.6 is 23.2 Å². The van der Waals surface area contributed by atoms with Crippen molar-refractivity contribution in [1.29, 1.82) is 0 Å². The van der Waals surface area contributed by atoms with Crippen LogP contribution in [-0.4, -0.2) is 23.9 Å². The van der Waals surface area contributed by atoms with E-state index in [2.05, 4.69) is 0 Å². The number of carbonyl (C=O) groups excluding carboxylic acids is 1. The maximum Gasteiger partial charge on any atom is 0.226 e. The van der Waals surface area contributed by atoms with Gasteiger partial charge in [0.15, 0.2) is 0 Å². The molecule has 1 aromatic rings. The monoisotopic (exact) mass is 259 g/mol. The molecular weight excluding hydrogens is 245 g/mol. The fourth-order valence-electron chi connectivity index (χ4n) is 1.58. The molecular formula is C12H15Cl2NO. The first-order valence-corrected chi connectivity index (χ1v) is 6.05. The lowest BCUT2D eigenvalue weighted by atomic mass is 10.1. The fraction of sp³-hybridized carbons (Fsp3) is 0.417. The lowest BCUT2D eigenvalue weighted by Gasteiger charge is -2.18. The topological polar surface area (TPSA) is 20.3 Å². The number of hydrogen-bond acceptors (Lipinski definition) is 1. The molecule has 0 fully saturated rings. The molecule has 0 heterocycles. The Bertz CT molecular complexity index is 355. The van der Waals surface area contributed by atoms with E-state index < -0.39 is 0 Å². The Morgan fingerprint density at radius 3 is 2.06 bits per heavy atom. The molecule has 1 rings (SSSR count). The van der Waals surface area contributed by atoms with Crippen molar-refractivity contribution in [2.45, 2.75) is 20.3 Å². The maximum atomic E-state index is 11.8. The molecule has 0 atom stereocenters. The Morgan fingerprint density at radius 1 is 1.12 bits per heavy atom. The molecule has 1 aromatic carbocycles. The van der Waals surface area contributed by atoms with Gasteiger partial charge in [0.2, 0.25) is 5.91 Å². The average molecular weight is 260 g/mol. The molecule has 88 valence electrons. The van der Waals surface area contributed by atoms with Crippen molar-refractivity contribution in [3.63, 3.8) is 0 Å². The van der Waals surface area contributed by atoms with E-state index in [0.29, 0.717) is 16.5 Å². The Kier molecular flexibility index (Phi) is 5.10.